The molecule has 0 aliphatic heterocycles. The molecule has 3 aromatic heterocycles. The number of nitrogens with zero attached hydrogens (tertiary/aromatic N) is 4. The lowest BCUT2D eigenvalue weighted by molar-refractivity contribution is 1.00. The van der Waals surface area contributed by atoms with Gasteiger partial charge in [-0.2, -0.15) is 5.26 Å². The standard InChI is InChI=1S/C43H24N4S/c44-25-37-32-12-6-7-13-36(32)45-43(46-37)47-38-18-14-28(26-8-2-1-3-9-26)22-33(38)34-23-29(15-19-39(34)47)30-17-20-40-35(24-30)42-31-11-5-4-10-27(31)16-21-41(42)48-40/h1-24H. The summed E-state index contributed by atoms with van der Waals surface area (Å²) < 4.78 is 4.69. The smallest absolute Gasteiger partial charge is 0.236 e. The first-order valence-corrected chi connectivity index (χ1v) is 16.7. The van der Waals surface area contributed by atoms with Crippen molar-refractivity contribution < 1.29 is 0 Å². The molecule has 48 heavy (non-hydrogen) atoms. The van der Waals surface area contributed by atoms with E-state index < -0.39 is 0 Å². The number of hydrogen-bond donors (Lipinski definition) is 0. The highest BCUT2D eigenvalue weighted by atomic mass is 32.1. The van der Waals surface area contributed by atoms with Crippen molar-refractivity contribution in [3.63, 3.8) is 0 Å². The summed E-state index contributed by atoms with van der Waals surface area (Å²) in [5, 5.41) is 18.2. The summed E-state index contributed by atoms with van der Waals surface area (Å²) in [7, 11) is 0. The van der Waals surface area contributed by atoms with Crippen molar-refractivity contribution >= 4 is 75.0 Å². The first kappa shape index (κ1) is 26.8. The maximum absolute atomic E-state index is 10.0. The molecule has 0 saturated carbocycles. The predicted molar refractivity (Wildman–Crippen MR) is 200 cm³/mol. The molecule has 0 spiro atoms. The van der Waals surface area contributed by atoms with Crippen LogP contribution in [0.3, 0.4) is 0 Å². The first-order chi connectivity index (χ1) is 23.7. The monoisotopic (exact) mass is 628 g/mol. The third-order valence-corrected chi connectivity index (χ3v) is 10.6. The van der Waals surface area contributed by atoms with E-state index in [-0.39, 0.29) is 0 Å². The quantitative estimate of drug-likeness (QED) is 0.196. The molecule has 10 rings (SSSR count). The Kier molecular flexibility index (Phi) is 5.77. The Morgan fingerprint density at radius 2 is 1.12 bits per heavy atom. The number of fused-ring (bicyclic) bond motifs is 9. The normalized spacial score (nSPS) is 11.7. The van der Waals surface area contributed by atoms with Gasteiger partial charge >= 0.3 is 0 Å². The van der Waals surface area contributed by atoms with E-state index in [4.69, 9.17) is 9.97 Å². The number of hydrogen-bond acceptors (Lipinski definition) is 4. The van der Waals surface area contributed by atoms with E-state index in [9.17, 15) is 5.26 Å². The molecule has 7 aromatic carbocycles. The molecule has 0 N–H and O–H groups in total. The van der Waals surface area contributed by atoms with Crippen LogP contribution in [0.15, 0.2) is 146 Å². The van der Waals surface area contributed by atoms with Crippen LogP contribution in [0, 0.1) is 11.3 Å². The Balaban J connectivity index is 1.24. The van der Waals surface area contributed by atoms with Gasteiger partial charge in [0.25, 0.3) is 0 Å². The van der Waals surface area contributed by atoms with Crippen LogP contribution in [0.4, 0.5) is 0 Å². The van der Waals surface area contributed by atoms with Crippen LogP contribution in [0.1, 0.15) is 5.69 Å². The fraction of sp³-hybridized carbons (Fsp3) is 0. The van der Waals surface area contributed by atoms with Crippen LogP contribution in [-0.2, 0) is 0 Å². The van der Waals surface area contributed by atoms with Crippen molar-refractivity contribution in [1.82, 2.24) is 14.5 Å². The summed E-state index contributed by atoms with van der Waals surface area (Å²) in [4.78, 5) is 9.77. The van der Waals surface area contributed by atoms with Crippen LogP contribution in [-0.4, -0.2) is 14.5 Å². The van der Waals surface area contributed by atoms with Crippen molar-refractivity contribution in [3.05, 3.63) is 151 Å². The number of benzene rings is 7. The summed E-state index contributed by atoms with van der Waals surface area (Å²) in [5.74, 6) is 0.489. The molecular weight excluding hydrogens is 605 g/mol. The van der Waals surface area contributed by atoms with Gasteiger partial charge < -0.3 is 0 Å². The molecule has 10 aromatic rings. The van der Waals surface area contributed by atoms with Crippen molar-refractivity contribution in [2.45, 2.75) is 0 Å². The van der Waals surface area contributed by atoms with E-state index in [1.54, 1.807) is 0 Å². The molecular formula is C43H24N4S. The van der Waals surface area contributed by atoms with E-state index in [0.29, 0.717) is 11.6 Å². The Hall–Kier alpha value is -6.35. The minimum Gasteiger partial charge on any atom is -0.278 e. The van der Waals surface area contributed by atoms with Crippen molar-refractivity contribution in [2.75, 3.05) is 0 Å². The zero-order chi connectivity index (χ0) is 31.8. The molecule has 222 valence electrons. The summed E-state index contributed by atoms with van der Waals surface area (Å²) in [6.07, 6.45) is 0. The zero-order valence-corrected chi connectivity index (χ0v) is 26.4. The average molecular weight is 629 g/mol. The predicted octanol–water partition coefficient (Wildman–Crippen LogP) is 11.5. The molecule has 0 fully saturated rings. The molecule has 0 saturated heterocycles. The molecule has 0 aliphatic rings. The van der Waals surface area contributed by atoms with Crippen molar-refractivity contribution in [2.24, 2.45) is 0 Å². The molecule has 0 bridgehead atoms. The number of rotatable bonds is 3. The summed E-state index contributed by atoms with van der Waals surface area (Å²) in [5.41, 5.74) is 7.71. The van der Waals surface area contributed by atoms with E-state index >= 15 is 0 Å². The zero-order valence-electron chi connectivity index (χ0n) is 25.6. The Bertz CT molecular complexity index is 2960. The van der Waals surface area contributed by atoms with Gasteiger partial charge in [-0.05, 0) is 87.6 Å². The maximum Gasteiger partial charge on any atom is 0.236 e. The summed E-state index contributed by atoms with van der Waals surface area (Å²) >= 11 is 1.85. The SMILES string of the molecule is N#Cc1nc(-n2c3ccc(-c4ccccc4)cc3c3cc(-c4ccc5sc6ccc7ccccc7c6c5c4)ccc32)nc2ccccc12. The van der Waals surface area contributed by atoms with Crippen LogP contribution < -0.4 is 0 Å². The highest BCUT2D eigenvalue weighted by Crippen LogP contribution is 2.42. The maximum atomic E-state index is 10.0. The number of aromatic nitrogens is 3. The van der Waals surface area contributed by atoms with Crippen molar-refractivity contribution in [1.29, 1.82) is 5.26 Å². The summed E-state index contributed by atoms with van der Waals surface area (Å²) in [6, 6.07) is 53.7. The molecule has 4 nitrogen and oxygen atoms in total. The van der Waals surface area contributed by atoms with Gasteiger partial charge in [-0.15, -0.1) is 11.3 Å². The van der Waals surface area contributed by atoms with E-state index in [1.807, 2.05) is 41.7 Å². The second kappa shape index (κ2) is 10.3. The van der Waals surface area contributed by atoms with Crippen LogP contribution in [0.2, 0.25) is 0 Å². The van der Waals surface area contributed by atoms with Gasteiger partial charge in [-0.1, -0.05) is 91.0 Å². The fourth-order valence-electron chi connectivity index (χ4n) is 7.20. The van der Waals surface area contributed by atoms with E-state index in [0.717, 1.165) is 49.4 Å². The molecule has 3 heterocycles. The van der Waals surface area contributed by atoms with E-state index in [1.165, 1.54) is 36.5 Å². The second-order valence-electron chi connectivity index (χ2n) is 12.1. The molecule has 0 aliphatic carbocycles. The Morgan fingerprint density at radius 1 is 0.500 bits per heavy atom. The topological polar surface area (TPSA) is 54.5 Å². The lowest BCUT2D eigenvalue weighted by atomic mass is 9.98. The molecule has 0 amide bonds. The fourth-order valence-corrected chi connectivity index (χ4v) is 8.31. The lowest BCUT2D eigenvalue weighted by Crippen LogP contribution is -2.03. The third kappa shape index (κ3) is 4.00. The Labute approximate surface area is 279 Å². The average Bonchev–Trinajstić information content (AvgIpc) is 3.69. The van der Waals surface area contributed by atoms with Gasteiger partial charge in [0.05, 0.1) is 16.6 Å². The number of nitriles is 1. The highest BCUT2D eigenvalue weighted by molar-refractivity contribution is 7.26. The molecule has 0 atom stereocenters. The van der Waals surface area contributed by atoms with Gasteiger partial charge in [0.15, 0.2) is 5.69 Å². The van der Waals surface area contributed by atoms with Crippen LogP contribution >= 0.6 is 11.3 Å². The second-order valence-corrected chi connectivity index (χ2v) is 13.2. The van der Waals surface area contributed by atoms with Gasteiger partial charge in [-0.25, -0.2) is 9.97 Å². The first-order valence-electron chi connectivity index (χ1n) is 15.9. The van der Waals surface area contributed by atoms with E-state index in [2.05, 4.69) is 126 Å². The molecule has 5 heteroatoms. The van der Waals surface area contributed by atoms with Crippen LogP contribution in [0.25, 0.3) is 91.9 Å². The minimum absolute atomic E-state index is 0.368. The van der Waals surface area contributed by atoms with Gasteiger partial charge in [0.1, 0.15) is 6.07 Å². The van der Waals surface area contributed by atoms with Gasteiger partial charge in [-0.3, -0.25) is 4.57 Å². The van der Waals surface area contributed by atoms with Crippen LogP contribution in [0.5, 0.6) is 0 Å². The van der Waals surface area contributed by atoms with Crippen molar-refractivity contribution in [3.8, 4) is 34.3 Å². The number of thiophene rings is 1. The largest absolute Gasteiger partial charge is 0.278 e. The summed E-state index contributed by atoms with van der Waals surface area (Å²) in [6.45, 7) is 0. The Morgan fingerprint density at radius 3 is 1.90 bits per heavy atom. The molecule has 0 radical (unpaired) electrons. The van der Waals surface area contributed by atoms with Gasteiger partial charge in [0.2, 0.25) is 5.95 Å². The lowest BCUT2D eigenvalue weighted by Gasteiger charge is -2.09. The highest BCUT2D eigenvalue weighted by Gasteiger charge is 2.18. The van der Waals surface area contributed by atoms with Gasteiger partial charge in [0, 0.05) is 36.3 Å². The molecule has 0 unspecified atom stereocenters. The third-order valence-electron chi connectivity index (χ3n) is 9.46. The minimum atomic E-state index is 0.368. The number of para-hydroxylation sites is 1.